The normalized spacial score (nSPS) is 17.9. The molecule has 13 nitrogen and oxygen atoms in total. The van der Waals surface area contributed by atoms with E-state index in [0.29, 0.717) is 24.5 Å². The molecule has 3 heterocycles. The van der Waals surface area contributed by atoms with Crippen molar-refractivity contribution in [2.75, 3.05) is 6.61 Å². The third kappa shape index (κ3) is 11.0. The van der Waals surface area contributed by atoms with Gasteiger partial charge in [-0.15, -0.1) is 11.3 Å². The van der Waals surface area contributed by atoms with Gasteiger partial charge in [0.2, 0.25) is 17.7 Å². The zero-order valence-electron chi connectivity index (χ0n) is 28.8. The topological polar surface area (TPSA) is 185 Å². The van der Waals surface area contributed by atoms with E-state index in [-0.39, 0.29) is 42.6 Å². The molecule has 4 rings (SSSR count). The predicted octanol–water partition coefficient (Wildman–Crippen LogP) is 2.93. The summed E-state index contributed by atoms with van der Waals surface area (Å²) in [6, 6.07) is 6.67. The van der Waals surface area contributed by atoms with Crippen molar-refractivity contribution in [2.45, 2.75) is 97.0 Å². The van der Waals surface area contributed by atoms with Crippen LogP contribution in [-0.4, -0.2) is 75.9 Å². The van der Waals surface area contributed by atoms with Gasteiger partial charge in [0.1, 0.15) is 29.5 Å². The van der Waals surface area contributed by atoms with Crippen LogP contribution in [0.2, 0.25) is 0 Å². The lowest BCUT2D eigenvalue weighted by molar-refractivity contribution is -0.134. The molecule has 4 amide bonds. The van der Waals surface area contributed by atoms with Crippen LogP contribution in [0, 0.1) is 18.8 Å². The molecule has 0 radical (unpaired) electrons. The van der Waals surface area contributed by atoms with Crippen LogP contribution in [0.4, 0.5) is 0 Å². The second kappa shape index (κ2) is 16.8. The molecule has 0 saturated carbocycles. The first-order valence-electron chi connectivity index (χ1n) is 16.5. The van der Waals surface area contributed by atoms with E-state index in [2.05, 4.69) is 31.4 Å². The van der Waals surface area contributed by atoms with Gasteiger partial charge in [0.15, 0.2) is 11.5 Å². The number of hydrogen-bond donors (Lipinski definition) is 4. The van der Waals surface area contributed by atoms with Crippen LogP contribution in [-0.2, 0) is 36.8 Å². The molecule has 2 aromatic heterocycles. The molecule has 1 fully saturated rings. The van der Waals surface area contributed by atoms with Crippen LogP contribution in [0.5, 0.6) is 0 Å². The molecule has 1 saturated heterocycles. The third-order valence-corrected chi connectivity index (χ3v) is 8.71. The van der Waals surface area contributed by atoms with Crippen molar-refractivity contribution < 1.29 is 33.2 Å². The molecule has 0 aliphatic carbocycles. The fourth-order valence-corrected chi connectivity index (χ4v) is 5.93. The Bertz CT molecular complexity index is 1590. The smallest absolute Gasteiger partial charge is 0.274 e. The number of aryl methyl sites for hydroxylation is 1. The van der Waals surface area contributed by atoms with Crippen LogP contribution in [0.15, 0.2) is 51.8 Å². The molecule has 1 aliphatic heterocycles. The maximum Gasteiger partial charge on any atom is 0.274 e. The number of nitrogens with one attached hydrogen (secondary N) is 4. The van der Waals surface area contributed by atoms with Crippen molar-refractivity contribution in [2.24, 2.45) is 11.8 Å². The highest BCUT2D eigenvalue weighted by Gasteiger charge is 2.50. The summed E-state index contributed by atoms with van der Waals surface area (Å²) in [7, 11) is 0. The molecule has 1 aromatic carbocycles. The molecule has 264 valence electrons. The number of benzene rings is 1. The van der Waals surface area contributed by atoms with Crippen molar-refractivity contribution in [3.8, 4) is 0 Å². The standard InChI is InChI=1S/C35H46N6O7S/c1-20(2)12-25(30(42)35(6)18-47-35)37-32(44)27(15-23-10-8-7-9-11-23)39-31(43)26(13-21(3)4)38-33(45)28(16-24-17-49-19-36-24)40-34(46)29-14-22(5)48-41-29/h7-11,14,17,19-21,25-28H,12-13,15-16,18H2,1-6H3,(H,37,44)(H,38,45)(H,39,43)(H,40,46)/t25-,26-,27-,28-,35+/m0/s1. The zero-order valence-corrected chi connectivity index (χ0v) is 29.6. The van der Waals surface area contributed by atoms with Crippen molar-refractivity contribution in [1.29, 1.82) is 0 Å². The molecule has 0 spiro atoms. The fraction of sp³-hybridized carbons (Fsp3) is 0.514. The van der Waals surface area contributed by atoms with Gasteiger partial charge in [-0.1, -0.05) is 63.2 Å². The first-order valence-corrected chi connectivity index (χ1v) is 17.4. The van der Waals surface area contributed by atoms with E-state index >= 15 is 0 Å². The van der Waals surface area contributed by atoms with Crippen molar-refractivity contribution in [3.05, 3.63) is 70.0 Å². The number of epoxide rings is 1. The number of rotatable bonds is 18. The largest absolute Gasteiger partial charge is 0.361 e. The van der Waals surface area contributed by atoms with Gasteiger partial charge in [-0.2, -0.15) is 0 Å². The molecule has 0 bridgehead atoms. The Balaban J connectivity index is 1.54. The summed E-state index contributed by atoms with van der Waals surface area (Å²) < 4.78 is 10.4. The number of amides is 4. The number of nitrogens with zero attached hydrogens (tertiary/aromatic N) is 2. The van der Waals surface area contributed by atoms with Crippen LogP contribution in [0.1, 0.15) is 75.0 Å². The first-order chi connectivity index (χ1) is 23.2. The van der Waals surface area contributed by atoms with Gasteiger partial charge < -0.3 is 30.5 Å². The lowest BCUT2D eigenvalue weighted by atomic mass is 9.93. The lowest BCUT2D eigenvalue weighted by Gasteiger charge is -2.28. The molecule has 1 aliphatic rings. The minimum absolute atomic E-state index is 0.0105. The van der Waals surface area contributed by atoms with Crippen molar-refractivity contribution in [1.82, 2.24) is 31.4 Å². The van der Waals surface area contributed by atoms with Crippen molar-refractivity contribution in [3.63, 3.8) is 0 Å². The Kier molecular flexibility index (Phi) is 12.8. The number of Topliss-reactive ketones (excluding diaryl/α,β-unsaturated/α-hetero) is 1. The number of ether oxygens (including phenoxy) is 1. The SMILES string of the molecule is Cc1cc(C(=O)N[C@@H](Cc2cscn2)C(=O)N[C@@H](CC(C)C)C(=O)N[C@@H](Cc2ccccc2)C(=O)N[C@@H](CC(C)C)C(=O)[C@@]2(C)CO2)no1. The maximum absolute atomic E-state index is 14.0. The van der Waals surface area contributed by atoms with E-state index in [9.17, 15) is 24.0 Å². The first kappa shape index (κ1) is 37.4. The van der Waals surface area contributed by atoms with Gasteiger partial charge in [0.25, 0.3) is 5.91 Å². The molecule has 3 aromatic rings. The summed E-state index contributed by atoms with van der Waals surface area (Å²) in [5.74, 6) is -2.01. The Morgan fingerprint density at radius 3 is 1.96 bits per heavy atom. The van der Waals surface area contributed by atoms with Crippen LogP contribution in [0.3, 0.4) is 0 Å². The van der Waals surface area contributed by atoms with E-state index in [0.717, 1.165) is 5.56 Å². The highest BCUT2D eigenvalue weighted by molar-refractivity contribution is 7.07. The second-order valence-corrected chi connectivity index (χ2v) is 14.3. The summed E-state index contributed by atoms with van der Waals surface area (Å²) in [4.78, 5) is 72.1. The number of ketones is 1. The maximum atomic E-state index is 14.0. The number of carbonyl (C=O) groups excluding carboxylic acids is 5. The van der Waals surface area contributed by atoms with Gasteiger partial charge in [-0.25, -0.2) is 4.98 Å². The van der Waals surface area contributed by atoms with E-state index in [4.69, 9.17) is 9.26 Å². The van der Waals surface area contributed by atoms with Crippen LogP contribution < -0.4 is 21.3 Å². The second-order valence-electron chi connectivity index (χ2n) is 13.5. The van der Waals surface area contributed by atoms with E-state index in [1.165, 1.54) is 17.4 Å². The number of hydrogen-bond acceptors (Lipinski definition) is 10. The van der Waals surface area contributed by atoms with Gasteiger partial charge in [-0.05, 0) is 44.1 Å². The Hall–Kier alpha value is -4.43. The highest BCUT2D eigenvalue weighted by Crippen LogP contribution is 2.29. The van der Waals surface area contributed by atoms with Gasteiger partial charge in [-0.3, -0.25) is 24.0 Å². The van der Waals surface area contributed by atoms with E-state index < -0.39 is 53.4 Å². The molecule has 5 atom stereocenters. The number of carbonyl (C=O) groups is 5. The molecular weight excluding hydrogens is 648 g/mol. The fourth-order valence-electron chi connectivity index (χ4n) is 5.36. The highest BCUT2D eigenvalue weighted by atomic mass is 32.1. The molecule has 49 heavy (non-hydrogen) atoms. The summed E-state index contributed by atoms with van der Waals surface area (Å²) in [6.45, 7) is 11.4. The van der Waals surface area contributed by atoms with Crippen molar-refractivity contribution >= 4 is 40.7 Å². The van der Waals surface area contributed by atoms with Gasteiger partial charge in [0, 0.05) is 24.3 Å². The quantitative estimate of drug-likeness (QED) is 0.145. The summed E-state index contributed by atoms with van der Waals surface area (Å²) >= 11 is 1.35. The van der Waals surface area contributed by atoms with Crippen LogP contribution in [0.25, 0.3) is 0 Å². The number of thiazole rings is 1. The average molecular weight is 695 g/mol. The third-order valence-electron chi connectivity index (χ3n) is 8.07. The predicted molar refractivity (Wildman–Crippen MR) is 183 cm³/mol. The van der Waals surface area contributed by atoms with E-state index in [1.807, 2.05) is 58.0 Å². The summed E-state index contributed by atoms with van der Waals surface area (Å²) in [6.07, 6.45) is 0.875. The zero-order chi connectivity index (χ0) is 35.7. The lowest BCUT2D eigenvalue weighted by Crippen LogP contribution is -2.59. The number of aromatic nitrogens is 2. The summed E-state index contributed by atoms with van der Waals surface area (Å²) in [5, 5.41) is 16.7. The minimum Gasteiger partial charge on any atom is -0.361 e. The van der Waals surface area contributed by atoms with Gasteiger partial charge >= 0.3 is 0 Å². The minimum atomic E-state index is -1.09. The van der Waals surface area contributed by atoms with Crippen LogP contribution >= 0.6 is 11.3 Å². The molecular formula is C35H46N6O7S. The molecule has 14 heteroatoms. The Morgan fingerprint density at radius 1 is 0.837 bits per heavy atom. The average Bonchev–Trinajstić information content (AvgIpc) is 3.37. The molecule has 0 unspecified atom stereocenters. The van der Waals surface area contributed by atoms with Gasteiger partial charge in [0.05, 0.1) is 23.9 Å². The summed E-state index contributed by atoms with van der Waals surface area (Å²) in [5.41, 5.74) is 2.08. The monoisotopic (exact) mass is 694 g/mol. The Morgan fingerprint density at radius 2 is 1.41 bits per heavy atom. The van der Waals surface area contributed by atoms with E-state index in [1.54, 1.807) is 24.7 Å². The molecule has 4 N–H and O–H groups in total. The Labute approximate surface area is 290 Å².